The van der Waals surface area contributed by atoms with Crippen LogP contribution in [0.4, 0.5) is 18.9 Å². The molecule has 9 heteroatoms. The lowest BCUT2D eigenvalue weighted by atomic mass is 10.0. The van der Waals surface area contributed by atoms with Crippen LogP contribution in [0.5, 0.6) is 0 Å². The zero-order valence-electron chi connectivity index (χ0n) is 15.8. The Morgan fingerprint density at radius 1 is 1.20 bits per heavy atom. The van der Waals surface area contributed by atoms with Gasteiger partial charge in [-0.3, -0.25) is 19.8 Å². The number of aromatic nitrogens is 3. The Morgan fingerprint density at radius 2 is 2.03 bits per heavy atom. The molecule has 30 heavy (non-hydrogen) atoms. The smallest absolute Gasteiger partial charge is 0.323 e. The molecule has 0 bridgehead atoms. The first-order chi connectivity index (χ1) is 14.4. The monoisotopic (exact) mass is 413 g/mol. The lowest BCUT2D eigenvalue weighted by molar-refractivity contribution is -0.147. The summed E-state index contributed by atoms with van der Waals surface area (Å²) in [6, 6.07) is 7.00. The van der Waals surface area contributed by atoms with Crippen molar-refractivity contribution in [2.45, 2.75) is 19.3 Å². The molecule has 0 radical (unpaired) electrons. The number of hydrogen-bond acceptors (Lipinski definition) is 4. The summed E-state index contributed by atoms with van der Waals surface area (Å²) in [4.78, 5) is 17.8. The number of hydrogen-bond donors (Lipinski definition) is 2. The van der Waals surface area contributed by atoms with Crippen LogP contribution in [-0.4, -0.2) is 38.7 Å². The third kappa shape index (κ3) is 4.74. The summed E-state index contributed by atoms with van der Waals surface area (Å²) in [7, 11) is 0. The van der Waals surface area contributed by atoms with Crippen LogP contribution in [0.1, 0.15) is 16.7 Å². The summed E-state index contributed by atoms with van der Waals surface area (Å²) in [5, 5.41) is 9.43. The Labute approximate surface area is 170 Å². The van der Waals surface area contributed by atoms with Gasteiger partial charge in [-0.1, -0.05) is 6.07 Å². The number of amides is 1. The molecule has 0 fully saturated rings. The maximum atomic E-state index is 12.6. The molecule has 1 amide bonds. The number of benzene rings is 1. The number of carbonyl (C=O) groups excluding carboxylic acids is 1. The first-order valence-electron chi connectivity index (χ1n) is 9.20. The number of carbonyl (C=O) groups is 1. The van der Waals surface area contributed by atoms with Crippen LogP contribution in [0.3, 0.4) is 0 Å². The fourth-order valence-corrected chi connectivity index (χ4v) is 3.46. The quantitative estimate of drug-likeness (QED) is 0.620. The SMILES string of the molecule is O=C(/C=C/c1cnccc1-c1cn[nH]c1)Nc1ccc2c(c1)CN(CC(F)(F)F)C2. The maximum Gasteiger partial charge on any atom is 0.401 e. The summed E-state index contributed by atoms with van der Waals surface area (Å²) in [5.74, 6) is -0.345. The first kappa shape index (κ1) is 19.8. The number of fused-ring (bicyclic) bond motifs is 1. The highest BCUT2D eigenvalue weighted by Gasteiger charge is 2.33. The summed E-state index contributed by atoms with van der Waals surface area (Å²) in [6.45, 7) is -0.491. The van der Waals surface area contributed by atoms with E-state index in [1.807, 2.05) is 6.07 Å². The number of H-pyrrole nitrogens is 1. The standard InChI is InChI=1S/C21H18F3N5O/c22-21(23,24)13-29-11-15-1-3-18(7-16(15)12-29)28-20(30)4-2-14-8-25-6-5-19(14)17-9-26-27-10-17/h1-10H,11-13H2,(H,26,27)(H,28,30)/b4-2+. The third-order valence-electron chi connectivity index (χ3n) is 4.74. The van der Waals surface area contributed by atoms with Crippen LogP contribution < -0.4 is 5.32 Å². The predicted octanol–water partition coefficient (Wildman–Crippen LogP) is 4.00. The van der Waals surface area contributed by atoms with Crippen molar-refractivity contribution >= 4 is 17.7 Å². The van der Waals surface area contributed by atoms with E-state index in [4.69, 9.17) is 0 Å². The summed E-state index contributed by atoms with van der Waals surface area (Å²) >= 11 is 0. The van der Waals surface area contributed by atoms with Crippen molar-refractivity contribution in [3.8, 4) is 11.1 Å². The van der Waals surface area contributed by atoms with Crippen molar-refractivity contribution in [3.63, 3.8) is 0 Å². The van der Waals surface area contributed by atoms with Gasteiger partial charge in [0, 0.05) is 54.6 Å². The maximum absolute atomic E-state index is 12.6. The molecule has 0 spiro atoms. The summed E-state index contributed by atoms with van der Waals surface area (Å²) in [6.07, 6.45) is 5.56. The van der Waals surface area contributed by atoms with Gasteiger partial charge in [0.25, 0.3) is 0 Å². The number of nitrogens with one attached hydrogen (secondary N) is 2. The molecular weight excluding hydrogens is 395 g/mol. The van der Waals surface area contributed by atoms with Crippen LogP contribution in [0.25, 0.3) is 17.2 Å². The van der Waals surface area contributed by atoms with Crippen LogP contribution >= 0.6 is 0 Å². The Kier molecular flexibility index (Phi) is 5.37. The highest BCUT2D eigenvalue weighted by atomic mass is 19.4. The molecule has 2 aromatic heterocycles. The van der Waals surface area contributed by atoms with Crippen LogP contribution in [0.2, 0.25) is 0 Å². The van der Waals surface area contributed by atoms with E-state index in [-0.39, 0.29) is 19.0 Å². The van der Waals surface area contributed by atoms with E-state index in [0.29, 0.717) is 5.69 Å². The molecule has 0 saturated heterocycles. The minimum Gasteiger partial charge on any atom is -0.323 e. The second-order valence-corrected chi connectivity index (χ2v) is 7.02. The lowest BCUT2D eigenvalue weighted by Gasteiger charge is -2.16. The third-order valence-corrected chi connectivity index (χ3v) is 4.74. The molecule has 0 aliphatic carbocycles. The molecule has 0 unspecified atom stereocenters. The number of pyridine rings is 1. The average molecular weight is 413 g/mol. The van der Waals surface area contributed by atoms with Gasteiger partial charge in [-0.05, 0) is 41.0 Å². The van der Waals surface area contributed by atoms with Gasteiger partial charge in [0.15, 0.2) is 0 Å². The largest absolute Gasteiger partial charge is 0.401 e. The van der Waals surface area contributed by atoms with Gasteiger partial charge >= 0.3 is 6.18 Å². The van der Waals surface area contributed by atoms with E-state index in [1.165, 1.54) is 11.0 Å². The van der Waals surface area contributed by atoms with Gasteiger partial charge in [-0.2, -0.15) is 18.3 Å². The van der Waals surface area contributed by atoms with E-state index < -0.39 is 12.7 Å². The number of rotatable bonds is 5. The highest BCUT2D eigenvalue weighted by Crippen LogP contribution is 2.29. The number of alkyl halides is 3. The van der Waals surface area contributed by atoms with Gasteiger partial charge in [0.1, 0.15) is 0 Å². The molecule has 154 valence electrons. The van der Waals surface area contributed by atoms with Crippen molar-refractivity contribution in [3.05, 3.63) is 71.8 Å². The summed E-state index contributed by atoms with van der Waals surface area (Å²) in [5.41, 5.74) is 4.68. The van der Waals surface area contributed by atoms with Gasteiger partial charge in [-0.15, -0.1) is 0 Å². The van der Waals surface area contributed by atoms with Crippen molar-refractivity contribution in [1.82, 2.24) is 20.1 Å². The van der Waals surface area contributed by atoms with Crippen molar-refractivity contribution in [1.29, 1.82) is 0 Å². The number of aromatic amines is 1. The predicted molar refractivity (Wildman–Crippen MR) is 106 cm³/mol. The molecule has 0 saturated carbocycles. The molecule has 3 heterocycles. The van der Waals surface area contributed by atoms with E-state index in [2.05, 4.69) is 20.5 Å². The van der Waals surface area contributed by atoms with Gasteiger partial charge < -0.3 is 5.32 Å². The molecule has 1 aliphatic heterocycles. The van der Waals surface area contributed by atoms with E-state index in [1.54, 1.807) is 49.1 Å². The summed E-state index contributed by atoms with van der Waals surface area (Å²) < 4.78 is 37.8. The second kappa shape index (κ2) is 8.11. The fraction of sp³-hybridized carbons (Fsp3) is 0.190. The van der Waals surface area contributed by atoms with Crippen LogP contribution in [0.15, 0.2) is 55.1 Å². The van der Waals surface area contributed by atoms with Crippen molar-refractivity contribution < 1.29 is 18.0 Å². The Morgan fingerprint density at radius 3 is 2.80 bits per heavy atom. The molecule has 6 nitrogen and oxygen atoms in total. The Bertz CT molecular complexity index is 1080. The van der Waals surface area contributed by atoms with Crippen molar-refractivity contribution in [2.75, 3.05) is 11.9 Å². The Hall–Kier alpha value is -3.46. The number of halogens is 3. The number of anilines is 1. The topological polar surface area (TPSA) is 73.9 Å². The highest BCUT2D eigenvalue weighted by molar-refractivity contribution is 6.02. The lowest BCUT2D eigenvalue weighted by Crippen LogP contribution is -2.29. The van der Waals surface area contributed by atoms with Gasteiger partial charge in [0.2, 0.25) is 5.91 Å². The molecule has 3 aromatic rings. The van der Waals surface area contributed by atoms with Gasteiger partial charge in [-0.25, -0.2) is 0 Å². The minimum atomic E-state index is -4.23. The average Bonchev–Trinajstić information content (AvgIpc) is 3.34. The fourth-order valence-electron chi connectivity index (χ4n) is 3.46. The minimum absolute atomic E-state index is 0.206. The first-order valence-corrected chi connectivity index (χ1v) is 9.20. The molecule has 4 rings (SSSR count). The van der Waals surface area contributed by atoms with E-state index in [9.17, 15) is 18.0 Å². The normalized spacial score (nSPS) is 14.2. The molecular formula is C21H18F3N5O. The zero-order chi connectivity index (χ0) is 21.1. The van der Waals surface area contributed by atoms with E-state index in [0.717, 1.165) is 27.8 Å². The van der Waals surface area contributed by atoms with Crippen molar-refractivity contribution in [2.24, 2.45) is 0 Å². The van der Waals surface area contributed by atoms with Crippen LogP contribution in [0, 0.1) is 0 Å². The number of nitrogens with zero attached hydrogens (tertiary/aromatic N) is 3. The van der Waals surface area contributed by atoms with Crippen LogP contribution in [-0.2, 0) is 17.9 Å². The Balaban J connectivity index is 1.42. The molecule has 2 N–H and O–H groups in total. The molecule has 1 aliphatic rings. The molecule has 0 atom stereocenters. The zero-order valence-corrected chi connectivity index (χ0v) is 15.8. The van der Waals surface area contributed by atoms with E-state index >= 15 is 0 Å². The van der Waals surface area contributed by atoms with Gasteiger partial charge in [0.05, 0.1) is 12.7 Å². The second-order valence-electron chi connectivity index (χ2n) is 7.02. The molecule has 1 aromatic carbocycles.